The third-order valence-electron chi connectivity index (χ3n) is 2.53. The molecule has 0 fully saturated rings. The molecule has 0 atom stereocenters. The standard InChI is InChI=1S/C14H17ClN2O2S/c1-3-18-12-8-10(7-11(15)13(12)19-4-2)9-17-14-16-5-6-20-14/h5-8H,3-4,9H2,1-2H3,(H,16,17). The first-order valence-corrected chi connectivity index (χ1v) is 7.71. The van der Waals surface area contributed by atoms with Crippen molar-refractivity contribution in [2.24, 2.45) is 0 Å². The zero-order valence-corrected chi connectivity index (χ0v) is 13.1. The van der Waals surface area contributed by atoms with Gasteiger partial charge in [-0.15, -0.1) is 11.3 Å². The molecule has 108 valence electrons. The summed E-state index contributed by atoms with van der Waals surface area (Å²) in [4.78, 5) is 4.18. The minimum atomic E-state index is 0.552. The van der Waals surface area contributed by atoms with E-state index < -0.39 is 0 Å². The minimum absolute atomic E-state index is 0.552. The highest BCUT2D eigenvalue weighted by atomic mass is 35.5. The van der Waals surface area contributed by atoms with Crippen molar-refractivity contribution in [3.63, 3.8) is 0 Å². The zero-order valence-electron chi connectivity index (χ0n) is 11.5. The van der Waals surface area contributed by atoms with Gasteiger partial charge in [-0.25, -0.2) is 4.98 Å². The van der Waals surface area contributed by atoms with Gasteiger partial charge >= 0.3 is 0 Å². The predicted molar refractivity (Wildman–Crippen MR) is 83.2 cm³/mol. The second-order valence-corrected chi connectivity index (χ2v) is 5.26. The average molecular weight is 313 g/mol. The highest BCUT2D eigenvalue weighted by Gasteiger charge is 2.12. The van der Waals surface area contributed by atoms with Crippen LogP contribution in [0.3, 0.4) is 0 Å². The van der Waals surface area contributed by atoms with E-state index in [1.54, 1.807) is 17.5 Å². The molecule has 0 aliphatic heterocycles. The largest absolute Gasteiger partial charge is 0.490 e. The van der Waals surface area contributed by atoms with Crippen molar-refractivity contribution in [3.05, 3.63) is 34.3 Å². The van der Waals surface area contributed by atoms with Gasteiger partial charge in [0.2, 0.25) is 0 Å². The lowest BCUT2D eigenvalue weighted by atomic mass is 10.2. The maximum atomic E-state index is 6.26. The summed E-state index contributed by atoms with van der Waals surface area (Å²) < 4.78 is 11.1. The van der Waals surface area contributed by atoms with E-state index in [1.807, 2.05) is 31.4 Å². The van der Waals surface area contributed by atoms with Crippen LogP contribution in [0.15, 0.2) is 23.7 Å². The Morgan fingerprint density at radius 3 is 2.70 bits per heavy atom. The molecule has 0 bridgehead atoms. The van der Waals surface area contributed by atoms with E-state index in [-0.39, 0.29) is 0 Å². The molecule has 0 radical (unpaired) electrons. The number of halogens is 1. The van der Waals surface area contributed by atoms with Crippen LogP contribution in [0.4, 0.5) is 5.13 Å². The number of nitrogens with one attached hydrogen (secondary N) is 1. The molecule has 0 amide bonds. The van der Waals surface area contributed by atoms with Gasteiger partial charge in [-0.3, -0.25) is 0 Å². The Labute approximate surface area is 127 Å². The summed E-state index contributed by atoms with van der Waals surface area (Å²) in [6, 6.07) is 3.83. The smallest absolute Gasteiger partial charge is 0.182 e. The maximum absolute atomic E-state index is 6.26. The number of benzene rings is 1. The van der Waals surface area contributed by atoms with Gasteiger partial charge in [-0.1, -0.05) is 11.6 Å². The number of rotatable bonds is 7. The molecule has 1 heterocycles. The number of anilines is 1. The third kappa shape index (κ3) is 3.77. The van der Waals surface area contributed by atoms with Crippen molar-refractivity contribution in [1.29, 1.82) is 0 Å². The molecule has 20 heavy (non-hydrogen) atoms. The lowest BCUT2D eigenvalue weighted by Gasteiger charge is -2.14. The first kappa shape index (κ1) is 14.9. The summed E-state index contributed by atoms with van der Waals surface area (Å²) in [6.45, 7) is 5.62. The molecule has 0 unspecified atom stereocenters. The molecule has 4 nitrogen and oxygen atoms in total. The van der Waals surface area contributed by atoms with Gasteiger partial charge in [0.05, 0.1) is 18.2 Å². The highest BCUT2D eigenvalue weighted by molar-refractivity contribution is 7.13. The molecule has 0 aliphatic carbocycles. The average Bonchev–Trinajstić information content (AvgIpc) is 2.94. The van der Waals surface area contributed by atoms with E-state index in [0.717, 1.165) is 10.7 Å². The molecule has 2 aromatic rings. The van der Waals surface area contributed by atoms with E-state index in [0.29, 0.717) is 36.3 Å². The lowest BCUT2D eigenvalue weighted by molar-refractivity contribution is 0.287. The molecule has 6 heteroatoms. The van der Waals surface area contributed by atoms with Crippen molar-refractivity contribution in [2.45, 2.75) is 20.4 Å². The topological polar surface area (TPSA) is 43.4 Å². The Morgan fingerprint density at radius 1 is 1.25 bits per heavy atom. The fourth-order valence-electron chi connectivity index (χ4n) is 1.76. The Balaban J connectivity index is 2.16. The molecule has 1 N–H and O–H groups in total. The Kier molecular flexibility index (Phi) is 5.49. The maximum Gasteiger partial charge on any atom is 0.182 e. The normalized spacial score (nSPS) is 10.3. The van der Waals surface area contributed by atoms with Crippen LogP contribution < -0.4 is 14.8 Å². The fraction of sp³-hybridized carbons (Fsp3) is 0.357. The summed E-state index contributed by atoms with van der Waals surface area (Å²) in [5.41, 5.74) is 1.03. The van der Waals surface area contributed by atoms with Crippen LogP contribution in [0.5, 0.6) is 11.5 Å². The summed E-state index contributed by atoms with van der Waals surface area (Å²) in [6.07, 6.45) is 1.77. The van der Waals surface area contributed by atoms with Gasteiger partial charge in [0.1, 0.15) is 0 Å². The molecule has 1 aromatic carbocycles. The molecule has 0 saturated heterocycles. The van der Waals surface area contributed by atoms with Crippen molar-refractivity contribution in [3.8, 4) is 11.5 Å². The van der Waals surface area contributed by atoms with Crippen molar-refractivity contribution < 1.29 is 9.47 Å². The minimum Gasteiger partial charge on any atom is -0.490 e. The van der Waals surface area contributed by atoms with Gasteiger partial charge in [-0.2, -0.15) is 0 Å². The summed E-state index contributed by atoms with van der Waals surface area (Å²) in [5, 5.41) is 6.62. The van der Waals surface area contributed by atoms with E-state index in [9.17, 15) is 0 Å². The molecule has 0 spiro atoms. The molecule has 2 rings (SSSR count). The second kappa shape index (κ2) is 7.36. The lowest BCUT2D eigenvalue weighted by Crippen LogP contribution is -2.03. The monoisotopic (exact) mass is 312 g/mol. The van der Waals surface area contributed by atoms with Crippen LogP contribution >= 0.6 is 22.9 Å². The van der Waals surface area contributed by atoms with Gasteiger partial charge in [0.15, 0.2) is 16.6 Å². The Morgan fingerprint density at radius 2 is 2.05 bits per heavy atom. The quantitative estimate of drug-likeness (QED) is 0.832. The number of hydrogen-bond donors (Lipinski definition) is 1. The second-order valence-electron chi connectivity index (χ2n) is 3.96. The number of hydrogen-bond acceptors (Lipinski definition) is 5. The summed E-state index contributed by atoms with van der Waals surface area (Å²) >= 11 is 7.82. The number of nitrogens with zero attached hydrogens (tertiary/aromatic N) is 1. The SMILES string of the molecule is CCOc1cc(CNc2nccs2)cc(Cl)c1OCC. The van der Waals surface area contributed by atoms with Crippen LogP contribution in [0.25, 0.3) is 0 Å². The zero-order chi connectivity index (χ0) is 14.4. The van der Waals surface area contributed by atoms with Gasteiger partial charge < -0.3 is 14.8 Å². The first-order chi connectivity index (χ1) is 9.74. The van der Waals surface area contributed by atoms with Gasteiger partial charge in [0.25, 0.3) is 0 Å². The first-order valence-electron chi connectivity index (χ1n) is 6.46. The Bertz CT molecular complexity index is 546. The van der Waals surface area contributed by atoms with Gasteiger partial charge in [-0.05, 0) is 31.5 Å². The summed E-state index contributed by atoms with van der Waals surface area (Å²) in [5.74, 6) is 1.28. The van der Waals surface area contributed by atoms with Crippen molar-refractivity contribution in [1.82, 2.24) is 4.98 Å². The number of ether oxygens (including phenoxy) is 2. The van der Waals surface area contributed by atoms with E-state index in [1.165, 1.54) is 0 Å². The predicted octanol–water partition coefficient (Wildman–Crippen LogP) is 4.21. The van der Waals surface area contributed by atoms with E-state index in [2.05, 4.69) is 10.3 Å². The third-order valence-corrected chi connectivity index (χ3v) is 3.55. The Hall–Kier alpha value is -1.46. The molecule has 0 aliphatic rings. The highest BCUT2D eigenvalue weighted by Crippen LogP contribution is 2.36. The number of thiazole rings is 1. The molecular weight excluding hydrogens is 296 g/mol. The van der Waals surface area contributed by atoms with Crippen LogP contribution in [0.1, 0.15) is 19.4 Å². The van der Waals surface area contributed by atoms with Crippen LogP contribution in [-0.4, -0.2) is 18.2 Å². The molecular formula is C14H17ClN2O2S. The van der Waals surface area contributed by atoms with E-state index >= 15 is 0 Å². The van der Waals surface area contributed by atoms with Crippen LogP contribution in [0, 0.1) is 0 Å². The van der Waals surface area contributed by atoms with Crippen molar-refractivity contribution in [2.75, 3.05) is 18.5 Å². The fourth-order valence-corrected chi connectivity index (χ4v) is 2.57. The van der Waals surface area contributed by atoms with Crippen molar-refractivity contribution >= 4 is 28.1 Å². The number of aromatic nitrogens is 1. The molecule has 1 aromatic heterocycles. The van der Waals surface area contributed by atoms with Gasteiger partial charge in [0, 0.05) is 18.1 Å². The summed E-state index contributed by atoms with van der Waals surface area (Å²) in [7, 11) is 0. The van der Waals surface area contributed by atoms with E-state index in [4.69, 9.17) is 21.1 Å². The van der Waals surface area contributed by atoms with Crippen LogP contribution in [0.2, 0.25) is 5.02 Å². The molecule has 0 saturated carbocycles. The van der Waals surface area contributed by atoms with Crippen LogP contribution in [-0.2, 0) is 6.54 Å².